The molecule has 0 fully saturated rings. The number of ether oxygens (including phenoxy) is 1. The Hall–Kier alpha value is -1.87. The summed E-state index contributed by atoms with van der Waals surface area (Å²) in [5.41, 5.74) is 2.30. The van der Waals surface area contributed by atoms with Crippen molar-refractivity contribution in [2.24, 2.45) is 0 Å². The molecule has 0 heterocycles. The Bertz CT molecular complexity index is 680. The predicted molar refractivity (Wildman–Crippen MR) is 77.3 cm³/mol. The molecule has 0 aliphatic carbocycles. The Balaban J connectivity index is 2.62. The molecule has 0 radical (unpaired) electrons. The number of carbonyl (C=O) groups is 1. The fourth-order valence-corrected chi connectivity index (χ4v) is 2.41. The van der Waals surface area contributed by atoms with E-state index in [0.29, 0.717) is 11.3 Å². The number of hydrogen-bond donors (Lipinski definition) is 0. The van der Waals surface area contributed by atoms with E-state index in [1.807, 2.05) is 19.9 Å². The van der Waals surface area contributed by atoms with Crippen molar-refractivity contribution in [3.05, 3.63) is 63.4 Å². The second kappa shape index (κ2) is 5.63. The molecule has 0 atom stereocenters. The van der Waals surface area contributed by atoms with Crippen LogP contribution in [0.3, 0.4) is 0 Å². The highest BCUT2D eigenvalue weighted by atomic mass is 35.5. The summed E-state index contributed by atoms with van der Waals surface area (Å²) in [7, 11) is 1.50. The minimum atomic E-state index is -0.610. The van der Waals surface area contributed by atoms with Crippen molar-refractivity contribution in [2.75, 3.05) is 7.11 Å². The summed E-state index contributed by atoms with van der Waals surface area (Å²) >= 11 is 5.88. The fourth-order valence-electron chi connectivity index (χ4n) is 2.19. The van der Waals surface area contributed by atoms with Crippen molar-refractivity contribution in [2.45, 2.75) is 13.8 Å². The number of hydrogen-bond acceptors (Lipinski definition) is 2. The molecule has 2 nitrogen and oxygen atoms in total. The molecule has 20 heavy (non-hydrogen) atoms. The third-order valence-corrected chi connectivity index (χ3v) is 3.47. The lowest BCUT2D eigenvalue weighted by Crippen LogP contribution is -2.08. The Morgan fingerprint density at radius 1 is 1.25 bits per heavy atom. The lowest BCUT2D eigenvalue weighted by Gasteiger charge is -2.13. The average Bonchev–Trinajstić information content (AvgIpc) is 2.40. The van der Waals surface area contributed by atoms with Gasteiger partial charge in [-0.05, 0) is 43.2 Å². The summed E-state index contributed by atoms with van der Waals surface area (Å²) in [5, 5.41) is -0.167. The maximum Gasteiger partial charge on any atom is 0.198 e. The van der Waals surface area contributed by atoms with Crippen LogP contribution in [0.5, 0.6) is 5.75 Å². The topological polar surface area (TPSA) is 26.3 Å². The summed E-state index contributed by atoms with van der Waals surface area (Å²) in [6, 6.07) is 7.84. The van der Waals surface area contributed by atoms with Gasteiger partial charge in [0.25, 0.3) is 0 Å². The van der Waals surface area contributed by atoms with Gasteiger partial charge in [-0.1, -0.05) is 23.7 Å². The summed E-state index contributed by atoms with van der Waals surface area (Å²) in [6.07, 6.45) is 0. The second-order valence-electron chi connectivity index (χ2n) is 4.59. The van der Waals surface area contributed by atoms with Crippen molar-refractivity contribution < 1.29 is 13.9 Å². The standard InChI is InChI=1S/C16H14ClFO2/c1-9-7-10(2)14(13(8-9)20-3)16(19)11-5-4-6-12(18)15(11)17/h4-8H,1-3H3. The molecule has 0 N–H and O–H groups in total. The number of halogens is 2. The van der Waals surface area contributed by atoms with Crippen LogP contribution in [0.25, 0.3) is 0 Å². The molecular weight excluding hydrogens is 279 g/mol. The Labute approximate surface area is 122 Å². The SMILES string of the molecule is COc1cc(C)cc(C)c1C(=O)c1cccc(F)c1Cl. The normalized spacial score (nSPS) is 10.4. The van der Waals surface area contributed by atoms with Crippen LogP contribution in [-0.2, 0) is 0 Å². The van der Waals surface area contributed by atoms with Gasteiger partial charge in [0.2, 0.25) is 0 Å². The van der Waals surface area contributed by atoms with Crippen LogP contribution >= 0.6 is 11.6 Å². The first-order valence-corrected chi connectivity index (χ1v) is 6.47. The molecule has 2 rings (SSSR count). The molecular formula is C16H14ClFO2. The molecule has 0 amide bonds. The van der Waals surface area contributed by atoms with Crippen LogP contribution in [0.1, 0.15) is 27.0 Å². The number of aryl methyl sites for hydroxylation is 2. The van der Waals surface area contributed by atoms with Crippen LogP contribution in [0.4, 0.5) is 4.39 Å². The zero-order valence-corrected chi connectivity index (χ0v) is 12.2. The van der Waals surface area contributed by atoms with Crippen molar-refractivity contribution in [1.82, 2.24) is 0 Å². The van der Waals surface area contributed by atoms with Gasteiger partial charge in [-0.15, -0.1) is 0 Å². The molecule has 0 aromatic heterocycles. The van der Waals surface area contributed by atoms with Crippen LogP contribution in [0.2, 0.25) is 5.02 Å². The molecule has 0 bridgehead atoms. The van der Waals surface area contributed by atoms with E-state index in [1.165, 1.54) is 25.3 Å². The number of rotatable bonds is 3. The zero-order valence-electron chi connectivity index (χ0n) is 11.5. The summed E-state index contributed by atoms with van der Waals surface area (Å²) < 4.78 is 18.7. The highest BCUT2D eigenvalue weighted by molar-refractivity contribution is 6.35. The smallest absolute Gasteiger partial charge is 0.198 e. The Kier molecular flexibility index (Phi) is 4.09. The monoisotopic (exact) mass is 292 g/mol. The molecule has 104 valence electrons. The van der Waals surface area contributed by atoms with Crippen LogP contribution in [-0.4, -0.2) is 12.9 Å². The largest absolute Gasteiger partial charge is 0.496 e. The molecule has 0 spiro atoms. The summed E-state index contributed by atoms with van der Waals surface area (Å²) in [5.74, 6) is -0.488. The summed E-state index contributed by atoms with van der Waals surface area (Å²) in [6.45, 7) is 3.73. The molecule has 0 aliphatic rings. The van der Waals surface area contributed by atoms with Gasteiger partial charge in [-0.3, -0.25) is 4.79 Å². The van der Waals surface area contributed by atoms with Gasteiger partial charge in [0.05, 0.1) is 17.7 Å². The van der Waals surface area contributed by atoms with E-state index in [-0.39, 0.29) is 16.4 Å². The van der Waals surface area contributed by atoms with Crippen LogP contribution in [0, 0.1) is 19.7 Å². The first-order valence-electron chi connectivity index (χ1n) is 6.09. The molecule has 0 saturated heterocycles. The van der Waals surface area contributed by atoms with Crippen molar-refractivity contribution in [3.8, 4) is 5.75 Å². The fraction of sp³-hybridized carbons (Fsp3) is 0.188. The van der Waals surface area contributed by atoms with Gasteiger partial charge >= 0.3 is 0 Å². The van der Waals surface area contributed by atoms with E-state index >= 15 is 0 Å². The molecule has 0 saturated carbocycles. The molecule has 2 aromatic rings. The molecule has 2 aromatic carbocycles. The zero-order chi connectivity index (χ0) is 14.9. The number of carbonyl (C=O) groups excluding carboxylic acids is 1. The highest BCUT2D eigenvalue weighted by Crippen LogP contribution is 2.30. The maximum atomic E-state index is 13.5. The quantitative estimate of drug-likeness (QED) is 0.787. The van der Waals surface area contributed by atoms with Crippen molar-refractivity contribution in [1.29, 1.82) is 0 Å². The Morgan fingerprint density at radius 2 is 1.95 bits per heavy atom. The minimum absolute atomic E-state index is 0.136. The molecule has 0 unspecified atom stereocenters. The van der Waals surface area contributed by atoms with E-state index in [9.17, 15) is 9.18 Å². The lowest BCUT2D eigenvalue weighted by molar-refractivity contribution is 0.103. The third-order valence-electron chi connectivity index (χ3n) is 3.09. The number of methoxy groups -OCH3 is 1. The van der Waals surface area contributed by atoms with Gasteiger partial charge in [0.1, 0.15) is 11.6 Å². The summed E-state index contributed by atoms with van der Waals surface area (Å²) in [4.78, 5) is 12.6. The highest BCUT2D eigenvalue weighted by Gasteiger charge is 2.21. The Morgan fingerprint density at radius 3 is 2.60 bits per heavy atom. The first kappa shape index (κ1) is 14.5. The van der Waals surface area contributed by atoms with Gasteiger partial charge in [-0.25, -0.2) is 4.39 Å². The van der Waals surface area contributed by atoms with E-state index < -0.39 is 5.82 Å². The van der Waals surface area contributed by atoms with Crippen LogP contribution in [0.15, 0.2) is 30.3 Å². The van der Waals surface area contributed by atoms with E-state index in [0.717, 1.165) is 11.1 Å². The van der Waals surface area contributed by atoms with Crippen LogP contribution < -0.4 is 4.74 Å². The minimum Gasteiger partial charge on any atom is -0.496 e. The third kappa shape index (κ3) is 2.54. The van der Waals surface area contributed by atoms with Gasteiger partial charge in [0.15, 0.2) is 5.78 Å². The first-order chi connectivity index (χ1) is 9.45. The van der Waals surface area contributed by atoms with E-state index in [4.69, 9.17) is 16.3 Å². The average molecular weight is 293 g/mol. The molecule has 0 aliphatic heterocycles. The van der Waals surface area contributed by atoms with E-state index in [1.54, 1.807) is 6.07 Å². The predicted octanol–water partition coefficient (Wildman–Crippen LogP) is 4.34. The van der Waals surface area contributed by atoms with E-state index in [2.05, 4.69) is 0 Å². The maximum absolute atomic E-state index is 13.5. The lowest BCUT2D eigenvalue weighted by atomic mass is 9.96. The number of benzene rings is 2. The second-order valence-corrected chi connectivity index (χ2v) is 4.97. The molecule has 4 heteroatoms. The van der Waals surface area contributed by atoms with Gasteiger partial charge in [-0.2, -0.15) is 0 Å². The van der Waals surface area contributed by atoms with Crippen molar-refractivity contribution in [3.63, 3.8) is 0 Å². The van der Waals surface area contributed by atoms with Crippen molar-refractivity contribution >= 4 is 17.4 Å². The van der Waals surface area contributed by atoms with Gasteiger partial charge < -0.3 is 4.74 Å². The van der Waals surface area contributed by atoms with Gasteiger partial charge in [0, 0.05) is 5.56 Å². The number of ketones is 1.